The van der Waals surface area contributed by atoms with Crippen molar-refractivity contribution in [1.29, 1.82) is 0 Å². The number of rotatable bonds is 7. The molecule has 1 aliphatic rings. The molecule has 0 spiro atoms. The molecule has 1 aromatic carbocycles. The molecule has 0 unspecified atom stereocenters. The van der Waals surface area contributed by atoms with Crippen molar-refractivity contribution >= 4 is 33.0 Å². The van der Waals surface area contributed by atoms with Gasteiger partial charge < -0.3 is 10.6 Å². The van der Waals surface area contributed by atoms with Gasteiger partial charge in [0.1, 0.15) is 0 Å². The van der Waals surface area contributed by atoms with Crippen molar-refractivity contribution in [1.82, 2.24) is 0 Å². The third kappa shape index (κ3) is 5.33. The van der Waals surface area contributed by atoms with Crippen molar-refractivity contribution in [3.63, 3.8) is 0 Å². The van der Waals surface area contributed by atoms with E-state index in [1.54, 1.807) is 31.2 Å². The number of hydrogen-bond donors (Lipinski definition) is 2. The van der Waals surface area contributed by atoms with Crippen LogP contribution < -0.4 is 10.6 Å². The van der Waals surface area contributed by atoms with Crippen LogP contribution in [-0.4, -0.2) is 31.2 Å². The van der Waals surface area contributed by atoms with Crippen LogP contribution in [0, 0.1) is 0 Å². The SMILES string of the molecule is CCC(=O)Nc1cccc(NC(=O)CCS(=O)(=O)C2CCCC2)c1. The number of nitrogens with one attached hydrogen (secondary N) is 2. The fourth-order valence-electron chi connectivity index (χ4n) is 2.80. The Hall–Kier alpha value is -1.89. The Balaban J connectivity index is 1.88. The number of anilines is 2. The van der Waals surface area contributed by atoms with Gasteiger partial charge in [-0.15, -0.1) is 0 Å². The lowest BCUT2D eigenvalue weighted by molar-refractivity contribution is -0.116. The lowest BCUT2D eigenvalue weighted by Gasteiger charge is -2.11. The van der Waals surface area contributed by atoms with Gasteiger partial charge in [0, 0.05) is 24.2 Å². The van der Waals surface area contributed by atoms with Crippen LogP contribution in [0.1, 0.15) is 45.4 Å². The van der Waals surface area contributed by atoms with Crippen molar-refractivity contribution in [3.8, 4) is 0 Å². The Bertz CT molecular complexity index is 694. The molecule has 24 heavy (non-hydrogen) atoms. The van der Waals surface area contributed by atoms with Crippen LogP contribution in [0.4, 0.5) is 11.4 Å². The fourth-order valence-corrected chi connectivity index (χ4v) is 4.65. The minimum absolute atomic E-state index is 0.0512. The molecule has 1 aromatic rings. The zero-order valence-corrected chi connectivity index (χ0v) is 14.7. The molecule has 2 rings (SSSR count). The van der Waals surface area contributed by atoms with Gasteiger partial charge in [-0.1, -0.05) is 25.8 Å². The quantitative estimate of drug-likeness (QED) is 0.789. The number of carbonyl (C=O) groups excluding carboxylic acids is 2. The summed E-state index contributed by atoms with van der Waals surface area (Å²) in [7, 11) is -3.19. The molecule has 0 aromatic heterocycles. The normalized spacial score (nSPS) is 15.2. The molecule has 6 nitrogen and oxygen atoms in total. The van der Waals surface area contributed by atoms with Crippen molar-refractivity contribution in [2.24, 2.45) is 0 Å². The first-order valence-electron chi connectivity index (χ1n) is 8.32. The summed E-state index contributed by atoms with van der Waals surface area (Å²) >= 11 is 0. The first-order chi connectivity index (χ1) is 11.4. The van der Waals surface area contributed by atoms with Gasteiger partial charge in [0.05, 0.1) is 11.0 Å². The van der Waals surface area contributed by atoms with Crippen molar-refractivity contribution < 1.29 is 18.0 Å². The van der Waals surface area contributed by atoms with Gasteiger partial charge in [-0.3, -0.25) is 9.59 Å². The number of carbonyl (C=O) groups is 2. The van der Waals surface area contributed by atoms with E-state index in [1.807, 2.05) is 0 Å². The standard InChI is InChI=1S/C17H24N2O4S/c1-2-16(20)18-13-6-5-7-14(12-13)19-17(21)10-11-24(22,23)15-8-3-4-9-15/h5-7,12,15H,2-4,8-11H2,1H3,(H,18,20)(H,19,21). The molecule has 0 heterocycles. The Morgan fingerprint density at radius 3 is 2.25 bits per heavy atom. The molecule has 0 saturated heterocycles. The minimum atomic E-state index is -3.19. The van der Waals surface area contributed by atoms with Gasteiger partial charge in [0.2, 0.25) is 11.8 Å². The highest BCUT2D eigenvalue weighted by Gasteiger charge is 2.28. The average molecular weight is 352 g/mol. The maximum atomic E-state index is 12.2. The van der Waals surface area contributed by atoms with E-state index in [0.29, 0.717) is 30.6 Å². The third-order valence-corrected chi connectivity index (χ3v) is 6.44. The van der Waals surface area contributed by atoms with Crippen LogP contribution in [0.3, 0.4) is 0 Å². The predicted molar refractivity (Wildman–Crippen MR) is 94.7 cm³/mol. The first kappa shape index (κ1) is 18.4. The Kier molecular flexibility index (Phi) is 6.36. The lowest BCUT2D eigenvalue weighted by Crippen LogP contribution is -2.24. The molecule has 0 radical (unpaired) electrons. The van der Waals surface area contributed by atoms with Crippen LogP contribution in [0.2, 0.25) is 0 Å². The number of benzene rings is 1. The van der Waals surface area contributed by atoms with E-state index in [2.05, 4.69) is 10.6 Å². The van der Waals surface area contributed by atoms with E-state index in [0.717, 1.165) is 12.8 Å². The zero-order chi connectivity index (χ0) is 17.6. The maximum absolute atomic E-state index is 12.2. The summed E-state index contributed by atoms with van der Waals surface area (Å²) in [5, 5.41) is 5.11. The van der Waals surface area contributed by atoms with Gasteiger partial charge in [-0.05, 0) is 31.0 Å². The summed E-state index contributed by atoms with van der Waals surface area (Å²) in [6.45, 7) is 1.76. The first-order valence-corrected chi connectivity index (χ1v) is 10.0. The van der Waals surface area contributed by atoms with E-state index in [4.69, 9.17) is 0 Å². The van der Waals surface area contributed by atoms with E-state index in [1.165, 1.54) is 0 Å². The smallest absolute Gasteiger partial charge is 0.225 e. The van der Waals surface area contributed by atoms with Crippen LogP contribution in [0.25, 0.3) is 0 Å². The molecule has 1 aliphatic carbocycles. The molecule has 7 heteroatoms. The van der Waals surface area contributed by atoms with E-state index in [-0.39, 0.29) is 29.2 Å². The van der Waals surface area contributed by atoms with E-state index < -0.39 is 9.84 Å². The fraction of sp³-hybridized carbons (Fsp3) is 0.529. The molecule has 1 fully saturated rings. The molecule has 2 amide bonds. The molecule has 0 aliphatic heterocycles. The third-order valence-electron chi connectivity index (χ3n) is 4.17. The zero-order valence-electron chi connectivity index (χ0n) is 13.9. The van der Waals surface area contributed by atoms with Gasteiger partial charge >= 0.3 is 0 Å². The van der Waals surface area contributed by atoms with Crippen LogP contribution in [0.15, 0.2) is 24.3 Å². The second kappa shape index (κ2) is 8.28. The maximum Gasteiger partial charge on any atom is 0.225 e. The van der Waals surface area contributed by atoms with Crippen molar-refractivity contribution in [3.05, 3.63) is 24.3 Å². The highest BCUT2D eigenvalue weighted by molar-refractivity contribution is 7.92. The summed E-state index contributed by atoms with van der Waals surface area (Å²) in [4.78, 5) is 23.4. The summed E-state index contributed by atoms with van der Waals surface area (Å²) in [6.07, 6.45) is 3.64. The Morgan fingerprint density at radius 2 is 1.67 bits per heavy atom. The molecule has 132 valence electrons. The molecule has 2 N–H and O–H groups in total. The highest BCUT2D eigenvalue weighted by Crippen LogP contribution is 2.25. The second-order valence-corrected chi connectivity index (χ2v) is 8.45. The van der Waals surface area contributed by atoms with Crippen molar-refractivity contribution in [2.45, 2.75) is 50.7 Å². The highest BCUT2D eigenvalue weighted by atomic mass is 32.2. The average Bonchev–Trinajstić information content (AvgIpc) is 3.09. The monoisotopic (exact) mass is 352 g/mol. The van der Waals surface area contributed by atoms with Crippen molar-refractivity contribution in [2.75, 3.05) is 16.4 Å². The summed E-state index contributed by atoms with van der Waals surface area (Å²) in [6, 6.07) is 6.80. The predicted octanol–water partition coefficient (Wildman–Crippen LogP) is 2.72. The molecular formula is C17H24N2O4S. The van der Waals surface area contributed by atoms with Crippen LogP contribution >= 0.6 is 0 Å². The van der Waals surface area contributed by atoms with E-state index in [9.17, 15) is 18.0 Å². The Morgan fingerprint density at radius 1 is 1.08 bits per heavy atom. The van der Waals surface area contributed by atoms with Gasteiger partial charge in [-0.25, -0.2) is 8.42 Å². The van der Waals surface area contributed by atoms with Gasteiger partial charge in [0.25, 0.3) is 0 Å². The van der Waals surface area contributed by atoms with Gasteiger partial charge in [0.15, 0.2) is 9.84 Å². The largest absolute Gasteiger partial charge is 0.326 e. The number of hydrogen-bond acceptors (Lipinski definition) is 4. The minimum Gasteiger partial charge on any atom is -0.326 e. The molecular weight excluding hydrogens is 328 g/mol. The number of amides is 2. The topological polar surface area (TPSA) is 92.3 Å². The van der Waals surface area contributed by atoms with E-state index >= 15 is 0 Å². The summed E-state index contributed by atoms with van der Waals surface area (Å²) in [5.74, 6) is -0.563. The number of sulfone groups is 1. The lowest BCUT2D eigenvalue weighted by atomic mass is 10.2. The van der Waals surface area contributed by atoms with Gasteiger partial charge in [-0.2, -0.15) is 0 Å². The summed E-state index contributed by atoms with van der Waals surface area (Å²) < 4.78 is 24.3. The molecule has 1 saturated carbocycles. The van der Waals surface area contributed by atoms with Crippen LogP contribution in [-0.2, 0) is 19.4 Å². The molecule has 0 bridgehead atoms. The Labute approximate surface area is 142 Å². The van der Waals surface area contributed by atoms with Crippen LogP contribution in [0.5, 0.6) is 0 Å². The molecule has 0 atom stereocenters. The summed E-state index contributed by atoms with van der Waals surface area (Å²) in [5.41, 5.74) is 1.13. The second-order valence-electron chi connectivity index (χ2n) is 6.05.